The monoisotopic (exact) mass is 402 g/mol. The van der Waals surface area contributed by atoms with Gasteiger partial charge in [0.15, 0.2) is 0 Å². The summed E-state index contributed by atoms with van der Waals surface area (Å²) in [6.45, 7) is 4.60. The number of aromatic amines is 1. The summed E-state index contributed by atoms with van der Waals surface area (Å²) < 4.78 is 0. The van der Waals surface area contributed by atoms with E-state index >= 15 is 0 Å². The molecule has 1 saturated heterocycles. The lowest BCUT2D eigenvalue weighted by molar-refractivity contribution is 0.0940. The Labute approximate surface area is 175 Å². The minimum Gasteiger partial charge on any atom is -0.356 e. The molecule has 2 N–H and O–H groups in total. The summed E-state index contributed by atoms with van der Waals surface area (Å²) in [5.41, 5.74) is 4.98. The first kappa shape index (κ1) is 17.9. The maximum Gasteiger partial charge on any atom is 0.270 e. The Morgan fingerprint density at radius 2 is 2.00 bits per heavy atom. The van der Waals surface area contributed by atoms with Gasteiger partial charge in [0.25, 0.3) is 5.91 Å². The van der Waals surface area contributed by atoms with E-state index in [2.05, 4.69) is 45.3 Å². The molecule has 4 heterocycles. The van der Waals surface area contributed by atoms with Crippen LogP contribution in [0.15, 0.2) is 18.2 Å². The first-order chi connectivity index (χ1) is 14.7. The number of rotatable bonds is 3. The zero-order valence-electron chi connectivity index (χ0n) is 17.2. The van der Waals surface area contributed by atoms with Crippen molar-refractivity contribution in [2.24, 2.45) is 0 Å². The Kier molecular flexibility index (Phi) is 4.04. The van der Waals surface area contributed by atoms with E-state index in [1.807, 2.05) is 0 Å². The third kappa shape index (κ3) is 2.95. The van der Waals surface area contributed by atoms with Gasteiger partial charge in [0.2, 0.25) is 0 Å². The topological polar surface area (TPSA) is 86.8 Å². The van der Waals surface area contributed by atoms with Crippen LogP contribution in [0, 0.1) is 6.92 Å². The van der Waals surface area contributed by atoms with Crippen LogP contribution in [-0.4, -0.2) is 45.5 Å². The number of hydrogen-bond acceptors (Lipinski definition) is 5. The quantitative estimate of drug-likeness (QED) is 0.703. The fraction of sp³-hybridized carbons (Fsp3) is 0.478. The summed E-state index contributed by atoms with van der Waals surface area (Å²) in [6.07, 6.45) is 5.25. The standard InChI is InChI=1S/C23H26N6O/c1-13-4-2-6-17-18(13)26-21(25-17)15-5-3-11-29(12-15)22-16-9-10-24-23(30)19(16)27-20(28-22)14-7-8-14/h2,4,6,14-15H,3,5,7-12H2,1H3,(H,24,30)(H,25,26). The number of benzene rings is 1. The Morgan fingerprint density at radius 1 is 1.10 bits per heavy atom. The number of H-pyrrole nitrogens is 1. The SMILES string of the molecule is Cc1cccc2[nH]c(C3CCCN(c4nc(C5CC5)nc5c4CCNC5=O)C3)nc12. The highest BCUT2D eigenvalue weighted by Crippen LogP contribution is 2.40. The molecule has 2 aromatic heterocycles. The second-order valence-corrected chi connectivity index (χ2v) is 8.89. The molecule has 154 valence electrons. The number of carbonyl (C=O) groups is 1. The molecule has 1 saturated carbocycles. The van der Waals surface area contributed by atoms with Gasteiger partial charge in [0.1, 0.15) is 23.2 Å². The molecule has 3 aromatic rings. The molecule has 0 radical (unpaired) electrons. The maximum atomic E-state index is 12.5. The van der Waals surface area contributed by atoms with Crippen molar-refractivity contribution in [3.63, 3.8) is 0 Å². The summed E-state index contributed by atoms with van der Waals surface area (Å²) in [5, 5.41) is 2.95. The highest BCUT2D eigenvalue weighted by atomic mass is 16.1. The van der Waals surface area contributed by atoms with E-state index in [-0.39, 0.29) is 5.91 Å². The average Bonchev–Trinajstić information content (AvgIpc) is 3.52. The van der Waals surface area contributed by atoms with E-state index in [1.54, 1.807) is 0 Å². The number of amides is 1. The van der Waals surface area contributed by atoms with Gasteiger partial charge in [0.05, 0.1) is 11.0 Å². The number of nitrogens with zero attached hydrogens (tertiary/aromatic N) is 4. The second-order valence-electron chi connectivity index (χ2n) is 8.89. The van der Waals surface area contributed by atoms with Crippen molar-refractivity contribution in [1.29, 1.82) is 0 Å². The molecule has 1 aliphatic carbocycles. The molecule has 2 aliphatic heterocycles. The Hall–Kier alpha value is -2.96. The fourth-order valence-electron chi connectivity index (χ4n) is 4.86. The number of nitrogens with one attached hydrogen (secondary N) is 2. The van der Waals surface area contributed by atoms with Gasteiger partial charge in [-0.1, -0.05) is 12.1 Å². The number of fused-ring (bicyclic) bond motifs is 2. The van der Waals surface area contributed by atoms with E-state index in [4.69, 9.17) is 9.97 Å². The number of aromatic nitrogens is 4. The molecular weight excluding hydrogens is 376 g/mol. The Balaban J connectivity index is 1.36. The maximum absolute atomic E-state index is 12.5. The molecule has 1 amide bonds. The van der Waals surface area contributed by atoms with E-state index in [0.29, 0.717) is 24.1 Å². The molecule has 30 heavy (non-hydrogen) atoms. The van der Waals surface area contributed by atoms with Gasteiger partial charge in [-0.3, -0.25) is 4.79 Å². The number of piperidine rings is 1. The van der Waals surface area contributed by atoms with Crippen LogP contribution in [0.3, 0.4) is 0 Å². The van der Waals surface area contributed by atoms with Gasteiger partial charge < -0.3 is 15.2 Å². The average molecular weight is 403 g/mol. The van der Waals surface area contributed by atoms with Crippen LogP contribution in [0.4, 0.5) is 5.82 Å². The van der Waals surface area contributed by atoms with Crippen molar-refractivity contribution in [2.45, 2.75) is 50.9 Å². The first-order valence-corrected chi connectivity index (χ1v) is 11.1. The van der Waals surface area contributed by atoms with E-state index < -0.39 is 0 Å². The van der Waals surface area contributed by atoms with Gasteiger partial charge in [-0.25, -0.2) is 15.0 Å². The minimum atomic E-state index is -0.0527. The molecule has 7 nitrogen and oxygen atoms in total. The van der Waals surface area contributed by atoms with Crippen LogP contribution in [-0.2, 0) is 6.42 Å². The number of imidazole rings is 1. The molecule has 6 rings (SSSR count). The number of para-hydroxylation sites is 1. The molecule has 0 bridgehead atoms. The van der Waals surface area contributed by atoms with E-state index in [0.717, 1.165) is 79.3 Å². The molecule has 1 aromatic carbocycles. The van der Waals surface area contributed by atoms with Crippen LogP contribution in [0.5, 0.6) is 0 Å². The summed E-state index contributed by atoms with van der Waals surface area (Å²) in [5.74, 6) is 3.59. The molecule has 7 heteroatoms. The third-order valence-electron chi connectivity index (χ3n) is 6.66. The predicted molar refractivity (Wildman–Crippen MR) is 115 cm³/mol. The summed E-state index contributed by atoms with van der Waals surface area (Å²) in [4.78, 5) is 33.0. The van der Waals surface area contributed by atoms with Crippen molar-refractivity contribution in [3.8, 4) is 0 Å². The van der Waals surface area contributed by atoms with Crippen LogP contribution in [0.1, 0.15) is 70.8 Å². The van der Waals surface area contributed by atoms with Crippen LogP contribution < -0.4 is 10.2 Å². The number of aryl methyl sites for hydroxylation is 1. The smallest absolute Gasteiger partial charge is 0.270 e. The van der Waals surface area contributed by atoms with Gasteiger partial charge in [-0.15, -0.1) is 0 Å². The molecule has 3 aliphatic rings. The number of hydrogen-bond donors (Lipinski definition) is 2. The lowest BCUT2D eigenvalue weighted by Crippen LogP contribution is -2.39. The van der Waals surface area contributed by atoms with Crippen molar-refractivity contribution in [3.05, 3.63) is 46.7 Å². The van der Waals surface area contributed by atoms with Crippen LogP contribution in [0.2, 0.25) is 0 Å². The highest BCUT2D eigenvalue weighted by Gasteiger charge is 2.34. The van der Waals surface area contributed by atoms with Crippen LogP contribution in [0.25, 0.3) is 11.0 Å². The van der Waals surface area contributed by atoms with Gasteiger partial charge in [-0.05, 0) is 50.7 Å². The van der Waals surface area contributed by atoms with Crippen molar-refractivity contribution >= 4 is 22.8 Å². The minimum absolute atomic E-state index is 0.0527. The van der Waals surface area contributed by atoms with E-state index in [9.17, 15) is 4.79 Å². The summed E-state index contributed by atoms with van der Waals surface area (Å²) in [6, 6.07) is 6.28. The lowest BCUT2D eigenvalue weighted by Gasteiger charge is -2.35. The molecule has 2 fully saturated rings. The number of anilines is 1. The number of carbonyl (C=O) groups excluding carboxylic acids is 1. The largest absolute Gasteiger partial charge is 0.356 e. The molecular formula is C23H26N6O. The zero-order chi connectivity index (χ0) is 20.2. The van der Waals surface area contributed by atoms with Crippen molar-refractivity contribution in [1.82, 2.24) is 25.3 Å². The zero-order valence-corrected chi connectivity index (χ0v) is 17.2. The second kappa shape index (κ2) is 6.79. The third-order valence-corrected chi connectivity index (χ3v) is 6.66. The summed E-state index contributed by atoms with van der Waals surface area (Å²) >= 11 is 0. The first-order valence-electron chi connectivity index (χ1n) is 11.1. The van der Waals surface area contributed by atoms with Gasteiger partial charge in [0, 0.05) is 37.0 Å². The van der Waals surface area contributed by atoms with E-state index in [1.165, 1.54) is 5.56 Å². The summed E-state index contributed by atoms with van der Waals surface area (Å²) in [7, 11) is 0. The van der Waals surface area contributed by atoms with Gasteiger partial charge in [-0.2, -0.15) is 0 Å². The normalized spacial score (nSPS) is 21.6. The van der Waals surface area contributed by atoms with Crippen molar-refractivity contribution in [2.75, 3.05) is 24.5 Å². The lowest BCUT2D eigenvalue weighted by atomic mass is 9.96. The van der Waals surface area contributed by atoms with Crippen LogP contribution >= 0.6 is 0 Å². The Bertz CT molecular complexity index is 1150. The molecule has 1 atom stereocenters. The highest BCUT2D eigenvalue weighted by molar-refractivity contribution is 5.96. The molecule has 1 unspecified atom stereocenters. The molecule has 0 spiro atoms. The Morgan fingerprint density at radius 3 is 2.83 bits per heavy atom. The predicted octanol–water partition coefficient (Wildman–Crippen LogP) is 3.21. The van der Waals surface area contributed by atoms with Gasteiger partial charge >= 0.3 is 0 Å². The van der Waals surface area contributed by atoms with Crippen molar-refractivity contribution < 1.29 is 4.79 Å². The fourth-order valence-corrected chi connectivity index (χ4v) is 4.86.